The maximum absolute atomic E-state index is 12.2. The van der Waals surface area contributed by atoms with Gasteiger partial charge in [0.15, 0.2) is 0 Å². The van der Waals surface area contributed by atoms with Crippen molar-refractivity contribution in [1.29, 1.82) is 0 Å². The molecule has 0 radical (unpaired) electrons. The third-order valence-corrected chi connectivity index (χ3v) is 3.59. The second-order valence-corrected chi connectivity index (χ2v) is 5.17. The molecule has 20 heavy (non-hydrogen) atoms. The Kier molecular flexibility index (Phi) is 3.65. The molecular weight excluding hydrogens is 252 g/mol. The van der Waals surface area contributed by atoms with Gasteiger partial charge in [0.25, 0.3) is 5.91 Å². The first-order chi connectivity index (χ1) is 9.74. The predicted molar refractivity (Wildman–Crippen MR) is 78.7 cm³/mol. The van der Waals surface area contributed by atoms with Crippen LogP contribution in [0, 0.1) is 6.92 Å². The molecule has 4 nitrogen and oxygen atoms in total. The van der Waals surface area contributed by atoms with Gasteiger partial charge >= 0.3 is 0 Å². The number of aromatic nitrogens is 1. The number of benzene rings is 1. The zero-order chi connectivity index (χ0) is 13.9. The van der Waals surface area contributed by atoms with E-state index in [1.54, 1.807) is 0 Å². The summed E-state index contributed by atoms with van der Waals surface area (Å²) in [6, 6.07) is 9.79. The van der Waals surface area contributed by atoms with Crippen molar-refractivity contribution in [3.63, 3.8) is 0 Å². The Morgan fingerprint density at radius 2 is 2.20 bits per heavy atom. The minimum atomic E-state index is -0.330. The number of anilines is 1. The summed E-state index contributed by atoms with van der Waals surface area (Å²) in [6.07, 6.45) is 2.55. The standard InChI is InChI=1S/C16H18N2O2/c1-11-8-9-12-5-4-6-13(15(12)17-11)18-16(19)14-7-2-3-10-20-14/h4-6,8-9,14H,2-3,7,10H2,1H3,(H,18,19). The van der Waals surface area contributed by atoms with Crippen LogP contribution >= 0.6 is 0 Å². The average Bonchev–Trinajstić information content (AvgIpc) is 2.49. The average molecular weight is 270 g/mol. The molecule has 0 spiro atoms. The summed E-state index contributed by atoms with van der Waals surface area (Å²) < 4.78 is 5.52. The van der Waals surface area contributed by atoms with Crippen molar-refractivity contribution >= 4 is 22.5 Å². The molecule has 1 aliphatic heterocycles. The van der Waals surface area contributed by atoms with Gasteiger partial charge in [0.05, 0.1) is 11.2 Å². The Balaban J connectivity index is 1.86. The van der Waals surface area contributed by atoms with Gasteiger partial charge in [-0.15, -0.1) is 0 Å². The van der Waals surface area contributed by atoms with Gasteiger partial charge in [0.2, 0.25) is 0 Å². The molecule has 1 unspecified atom stereocenters. The highest BCUT2D eigenvalue weighted by Crippen LogP contribution is 2.23. The lowest BCUT2D eigenvalue weighted by atomic mass is 10.1. The number of fused-ring (bicyclic) bond motifs is 1. The molecule has 1 N–H and O–H groups in total. The van der Waals surface area contributed by atoms with E-state index in [4.69, 9.17) is 4.74 Å². The smallest absolute Gasteiger partial charge is 0.253 e. The van der Waals surface area contributed by atoms with Gasteiger partial charge < -0.3 is 10.1 Å². The first-order valence-electron chi connectivity index (χ1n) is 7.03. The molecular formula is C16H18N2O2. The van der Waals surface area contributed by atoms with Crippen molar-refractivity contribution in [3.05, 3.63) is 36.0 Å². The minimum absolute atomic E-state index is 0.0690. The van der Waals surface area contributed by atoms with E-state index in [9.17, 15) is 4.79 Å². The number of pyridine rings is 1. The van der Waals surface area contributed by atoms with Crippen LogP contribution in [0.5, 0.6) is 0 Å². The number of para-hydroxylation sites is 1. The van der Waals surface area contributed by atoms with Gasteiger partial charge in [-0.1, -0.05) is 18.2 Å². The largest absolute Gasteiger partial charge is 0.368 e. The van der Waals surface area contributed by atoms with E-state index in [2.05, 4.69) is 10.3 Å². The first kappa shape index (κ1) is 13.1. The third-order valence-electron chi connectivity index (χ3n) is 3.59. The molecule has 0 aliphatic carbocycles. The zero-order valence-electron chi connectivity index (χ0n) is 11.6. The highest BCUT2D eigenvalue weighted by molar-refractivity contribution is 6.01. The third kappa shape index (κ3) is 2.65. The topological polar surface area (TPSA) is 51.2 Å². The normalized spacial score (nSPS) is 18.9. The number of carbonyl (C=O) groups excluding carboxylic acids is 1. The molecule has 1 amide bonds. The SMILES string of the molecule is Cc1ccc2cccc(NC(=O)C3CCCCO3)c2n1. The number of aryl methyl sites for hydroxylation is 1. The van der Waals surface area contributed by atoms with Gasteiger partial charge in [-0.05, 0) is 38.3 Å². The van der Waals surface area contributed by atoms with Crippen LogP contribution in [-0.2, 0) is 9.53 Å². The highest BCUT2D eigenvalue weighted by Gasteiger charge is 2.22. The number of carbonyl (C=O) groups is 1. The van der Waals surface area contributed by atoms with E-state index in [1.807, 2.05) is 37.3 Å². The number of hydrogen-bond acceptors (Lipinski definition) is 3. The van der Waals surface area contributed by atoms with E-state index in [-0.39, 0.29) is 12.0 Å². The monoisotopic (exact) mass is 270 g/mol. The number of ether oxygens (including phenoxy) is 1. The summed E-state index contributed by atoms with van der Waals surface area (Å²) in [4.78, 5) is 16.8. The van der Waals surface area contributed by atoms with E-state index in [0.717, 1.165) is 41.5 Å². The van der Waals surface area contributed by atoms with Crippen molar-refractivity contribution in [2.24, 2.45) is 0 Å². The molecule has 4 heteroatoms. The summed E-state index contributed by atoms with van der Waals surface area (Å²) in [5.74, 6) is -0.0690. The van der Waals surface area contributed by atoms with Crippen LogP contribution in [-0.4, -0.2) is 23.6 Å². The second kappa shape index (κ2) is 5.59. The Morgan fingerprint density at radius 3 is 3.00 bits per heavy atom. The molecule has 0 saturated carbocycles. The number of rotatable bonds is 2. The van der Waals surface area contributed by atoms with Crippen molar-refractivity contribution in [1.82, 2.24) is 4.98 Å². The molecule has 1 aromatic carbocycles. The molecule has 0 bridgehead atoms. The molecule has 1 aromatic heterocycles. The van der Waals surface area contributed by atoms with Crippen LogP contribution in [0.3, 0.4) is 0 Å². The lowest BCUT2D eigenvalue weighted by Crippen LogP contribution is -2.33. The fraction of sp³-hybridized carbons (Fsp3) is 0.375. The summed E-state index contributed by atoms with van der Waals surface area (Å²) in [6.45, 7) is 2.62. The van der Waals surface area contributed by atoms with Crippen molar-refractivity contribution in [3.8, 4) is 0 Å². The molecule has 1 fully saturated rings. The van der Waals surface area contributed by atoms with E-state index in [1.165, 1.54) is 0 Å². The van der Waals surface area contributed by atoms with E-state index >= 15 is 0 Å². The Morgan fingerprint density at radius 1 is 1.30 bits per heavy atom. The van der Waals surface area contributed by atoms with Crippen molar-refractivity contribution < 1.29 is 9.53 Å². The molecule has 2 aromatic rings. The summed E-state index contributed by atoms with van der Waals surface area (Å²) in [5.41, 5.74) is 2.52. The van der Waals surface area contributed by atoms with Crippen LogP contribution in [0.15, 0.2) is 30.3 Å². The number of amides is 1. The minimum Gasteiger partial charge on any atom is -0.368 e. The van der Waals surface area contributed by atoms with Crippen molar-refractivity contribution in [2.45, 2.75) is 32.3 Å². The molecule has 2 heterocycles. The Bertz CT molecular complexity index is 633. The van der Waals surface area contributed by atoms with Crippen LogP contribution in [0.2, 0.25) is 0 Å². The van der Waals surface area contributed by atoms with Gasteiger partial charge in [-0.3, -0.25) is 9.78 Å². The number of nitrogens with zero attached hydrogens (tertiary/aromatic N) is 1. The van der Waals surface area contributed by atoms with Crippen LogP contribution in [0.4, 0.5) is 5.69 Å². The predicted octanol–water partition coefficient (Wildman–Crippen LogP) is 3.05. The van der Waals surface area contributed by atoms with E-state index in [0.29, 0.717) is 6.61 Å². The summed E-state index contributed by atoms with van der Waals surface area (Å²) in [7, 11) is 0. The quantitative estimate of drug-likeness (QED) is 0.912. The zero-order valence-corrected chi connectivity index (χ0v) is 11.6. The first-order valence-corrected chi connectivity index (χ1v) is 7.03. The van der Waals surface area contributed by atoms with Gasteiger partial charge in [-0.2, -0.15) is 0 Å². The fourth-order valence-electron chi connectivity index (χ4n) is 2.51. The number of hydrogen-bond donors (Lipinski definition) is 1. The molecule has 104 valence electrons. The van der Waals surface area contributed by atoms with Crippen LogP contribution < -0.4 is 5.32 Å². The Labute approximate surface area is 118 Å². The lowest BCUT2D eigenvalue weighted by molar-refractivity contribution is -0.129. The maximum atomic E-state index is 12.2. The van der Waals surface area contributed by atoms with Gasteiger partial charge in [0, 0.05) is 17.7 Å². The highest BCUT2D eigenvalue weighted by atomic mass is 16.5. The molecule has 1 saturated heterocycles. The van der Waals surface area contributed by atoms with Gasteiger partial charge in [0.1, 0.15) is 6.10 Å². The molecule has 1 aliphatic rings. The molecule has 3 rings (SSSR count). The summed E-state index contributed by atoms with van der Waals surface area (Å²) in [5, 5.41) is 3.98. The van der Waals surface area contributed by atoms with Crippen LogP contribution in [0.25, 0.3) is 10.9 Å². The maximum Gasteiger partial charge on any atom is 0.253 e. The van der Waals surface area contributed by atoms with E-state index < -0.39 is 0 Å². The number of nitrogens with one attached hydrogen (secondary N) is 1. The molecule has 1 atom stereocenters. The van der Waals surface area contributed by atoms with Gasteiger partial charge in [-0.25, -0.2) is 0 Å². The Hall–Kier alpha value is -1.94. The lowest BCUT2D eigenvalue weighted by Gasteiger charge is -2.21. The van der Waals surface area contributed by atoms with Crippen LogP contribution in [0.1, 0.15) is 25.0 Å². The second-order valence-electron chi connectivity index (χ2n) is 5.17. The summed E-state index contributed by atoms with van der Waals surface area (Å²) >= 11 is 0. The fourth-order valence-corrected chi connectivity index (χ4v) is 2.51. The van der Waals surface area contributed by atoms with Crippen molar-refractivity contribution in [2.75, 3.05) is 11.9 Å².